The Kier molecular flexibility index (Phi) is 3.09. The first-order chi connectivity index (χ1) is 9.06. The summed E-state index contributed by atoms with van der Waals surface area (Å²) < 4.78 is 0.652. The summed E-state index contributed by atoms with van der Waals surface area (Å²) in [4.78, 5) is 23.1. The molecule has 2 unspecified atom stereocenters. The highest BCUT2D eigenvalue weighted by molar-refractivity contribution is 9.10. The van der Waals surface area contributed by atoms with Gasteiger partial charge < -0.3 is 10.4 Å². The number of carboxylic acid groups (broad SMARTS) is 1. The molecule has 2 saturated carbocycles. The molecule has 0 radical (unpaired) electrons. The highest BCUT2D eigenvalue weighted by atomic mass is 79.9. The summed E-state index contributed by atoms with van der Waals surface area (Å²) in [5.41, 5.74) is 0.711. The smallest absolute Gasteiger partial charge is 0.335 e. The van der Waals surface area contributed by atoms with Gasteiger partial charge in [-0.1, -0.05) is 22.4 Å². The zero-order valence-corrected chi connectivity index (χ0v) is 11.8. The van der Waals surface area contributed by atoms with Crippen molar-refractivity contribution >= 4 is 33.5 Å². The molecule has 0 spiro atoms. The van der Waals surface area contributed by atoms with E-state index in [9.17, 15) is 9.59 Å². The van der Waals surface area contributed by atoms with Crippen LogP contribution in [0.3, 0.4) is 0 Å². The van der Waals surface area contributed by atoms with Crippen molar-refractivity contribution < 1.29 is 14.7 Å². The summed E-state index contributed by atoms with van der Waals surface area (Å²) in [5, 5.41) is 11.8. The molecular formula is C14H14BrNO3. The second-order valence-electron chi connectivity index (χ2n) is 5.31. The summed E-state index contributed by atoms with van der Waals surface area (Å²) >= 11 is 3.26. The Morgan fingerprint density at radius 3 is 2.53 bits per heavy atom. The molecule has 2 fully saturated rings. The Morgan fingerprint density at radius 1 is 1.21 bits per heavy atom. The first kappa shape index (κ1) is 12.7. The van der Waals surface area contributed by atoms with Crippen LogP contribution in [0.4, 0.5) is 5.69 Å². The van der Waals surface area contributed by atoms with E-state index in [1.54, 1.807) is 6.07 Å². The normalized spacial score (nSPS) is 27.7. The highest BCUT2D eigenvalue weighted by Gasteiger charge is 2.56. The molecule has 0 bridgehead atoms. The molecule has 0 aliphatic heterocycles. The van der Waals surface area contributed by atoms with E-state index in [-0.39, 0.29) is 17.4 Å². The molecule has 2 aliphatic carbocycles. The Labute approximate surface area is 119 Å². The number of amides is 1. The minimum absolute atomic E-state index is 0.0316. The minimum atomic E-state index is -1.000. The van der Waals surface area contributed by atoms with Gasteiger partial charge in [0.25, 0.3) is 0 Å². The maximum absolute atomic E-state index is 12.1. The zero-order chi connectivity index (χ0) is 13.6. The molecular weight excluding hydrogens is 310 g/mol. The lowest BCUT2D eigenvalue weighted by Crippen LogP contribution is -2.17. The van der Waals surface area contributed by atoms with Gasteiger partial charge in [0.1, 0.15) is 0 Å². The molecule has 2 atom stereocenters. The van der Waals surface area contributed by atoms with Crippen LogP contribution in [0.2, 0.25) is 0 Å². The summed E-state index contributed by atoms with van der Waals surface area (Å²) in [6.45, 7) is 0. The number of hydrogen-bond acceptors (Lipinski definition) is 2. The summed E-state index contributed by atoms with van der Waals surface area (Å²) in [6, 6.07) is 4.73. The Morgan fingerprint density at radius 2 is 1.89 bits per heavy atom. The summed E-state index contributed by atoms with van der Waals surface area (Å²) in [7, 11) is 0. The monoisotopic (exact) mass is 323 g/mol. The van der Waals surface area contributed by atoms with Gasteiger partial charge in [0.15, 0.2) is 0 Å². The molecule has 1 amide bonds. The standard InChI is InChI=1S/C14H14BrNO3/c15-8-4-7(14(18)19)5-9(6-8)16-13(17)12-10-2-1-3-11(10)12/h4-6,10-12H,1-3H2,(H,16,17)(H,18,19). The SMILES string of the molecule is O=C(O)c1cc(Br)cc(NC(=O)C2C3CCCC32)c1. The van der Waals surface area contributed by atoms with Crippen molar-refractivity contribution in [2.24, 2.45) is 17.8 Å². The van der Waals surface area contributed by atoms with Crippen LogP contribution >= 0.6 is 15.9 Å². The van der Waals surface area contributed by atoms with Crippen LogP contribution in [0.15, 0.2) is 22.7 Å². The second-order valence-corrected chi connectivity index (χ2v) is 6.22. The molecule has 2 N–H and O–H groups in total. The molecule has 1 aromatic rings. The third-order valence-electron chi connectivity index (χ3n) is 4.12. The number of rotatable bonds is 3. The van der Waals surface area contributed by atoms with E-state index in [1.807, 2.05) is 0 Å². The van der Waals surface area contributed by atoms with Crippen LogP contribution in [0, 0.1) is 17.8 Å². The van der Waals surface area contributed by atoms with Gasteiger partial charge in [0, 0.05) is 16.1 Å². The number of carboxylic acids is 1. The third-order valence-corrected chi connectivity index (χ3v) is 4.58. The molecule has 3 rings (SSSR count). The van der Waals surface area contributed by atoms with E-state index in [0.29, 0.717) is 22.0 Å². The quantitative estimate of drug-likeness (QED) is 0.898. The number of fused-ring (bicyclic) bond motifs is 1. The van der Waals surface area contributed by atoms with E-state index >= 15 is 0 Å². The fraction of sp³-hybridized carbons (Fsp3) is 0.429. The molecule has 100 valence electrons. The fourth-order valence-electron chi connectivity index (χ4n) is 3.22. The van der Waals surface area contributed by atoms with Gasteiger partial charge in [0.2, 0.25) is 5.91 Å². The maximum atomic E-state index is 12.1. The van der Waals surface area contributed by atoms with Crippen molar-refractivity contribution in [1.29, 1.82) is 0 Å². The van der Waals surface area contributed by atoms with Gasteiger partial charge in [-0.25, -0.2) is 4.79 Å². The lowest BCUT2D eigenvalue weighted by Gasteiger charge is -2.08. The minimum Gasteiger partial charge on any atom is -0.478 e. The zero-order valence-electron chi connectivity index (χ0n) is 10.2. The number of benzene rings is 1. The first-order valence-electron chi connectivity index (χ1n) is 6.41. The van der Waals surface area contributed by atoms with Gasteiger partial charge >= 0.3 is 5.97 Å². The molecule has 0 aromatic heterocycles. The van der Waals surface area contributed by atoms with Crippen LogP contribution in [-0.2, 0) is 4.79 Å². The second kappa shape index (κ2) is 4.63. The van der Waals surface area contributed by atoms with Crippen molar-refractivity contribution in [3.05, 3.63) is 28.2 Å². The number of nitrogens with one attached hydrogen (secondary N) is 1. The van der Waals surface area contributed by atoms with Gasteiger partial charge in [0.05, 0.1) is 5.56 Å². The van der Waals surface area contributed by atoms with Crippen molar-refractivity contribution in [2.45, 2.75) is 19.3 Å². The van der Waals surface area contributed by atoms with Crippen LogP contribution in [0.1, 0.15) is 29.6 Å². The van der Waals surface area contributed by atoms with E-state index < -0.39 is 5.97 Å². The fourth-order valence-corrected chi connectivity index (χ4v) is 3.71. The van der Waals surface area contributed by atoms with Crippen LogP contribution in [0.25, 0.3) is 0 Å². The van der Waals surface area contributed by atoms with E-state index in [2.05, 4.69) is 21.2 Å². The van der Waals surface area contributed by atoms with E-state index in [4.69, 9.17) is 5.11 Å². The van der Waals surface area contributed by atoms with Crippen molar-refractivity contribution in [3.8, 4) is 0 Å². The van der Waals surface area contributed by atoms with E-state index in [1.165, 1.54) is 18.6 Å². The van der Waals surface area contributed by atoms with Crippen molar-refractivity contribution in [1.82, 2.24) is 0 Å². The number of halogens is 1. The van der Waals surface area contributed by atoms with Gasteiger partial charge in [-0.15, -0.1) is 0 Å². The van der Waals surface area contributed by atoms with Gasteiger partial charge in [-0.3, -0.25) is 4.79 Å². The molecule has 0 heterocycles. The Bertz CT molecular complexity index is 548. The number of aromatic carboxylic acids is 1. The predicted octanol–water partition coefficient (Wildman–Crippen LogP) is 3.13. The predicted molar refractivity (Wildman–Crippen MR) is 74.1 cm³/mol. The Balaban J connectivity index is 1.73. The van der Waals surface area contributed by atoms with Gasteiger partial charge in [-0.2, -0.15) is 0 Å². The number of carbonyl (C=O) groups is 2. The average Bonchev–Trinajstić information content (AvgIpc) is 2.83. The largest absolute Gasteiger partial charge is 0.478 e. The third kappa shape index (κ3) is 2.39. The molecule has 5 heteroatoms. The topological polar surface area (TPSA) is 66.4 Å². The number of carbonyl (C=O) groups excluding carboxylic acids is 1. The summed E-state index contributed by atoms with van der Waals surface area (Å²) in [5.74, 6) is 0.294. The summed E-state index contributed by atoms with van der Waals surface area (Å²) in [6.07, 6.45) is 3.54. The van der Waals surface area contributed by atoms with E-state index in [0.717, 1.165) is 12.8 Å². The van der Waals surface area contributed by atoms with Crippen molar-refractivity contribution in [2.75, 3.05) is 5.32 Å². The first-order valence-corrected chi connectivity index (χ1v) is 7.20. The van der Waals surface area contributed by atoms with Crippen LogP contribution < -0.4 is 5.32 Å². The Hall–Kier alpha value is -1.36. The van der Waals surface area contributed by atoms with Gasteiger partial charge in [-0.05, 0) is 42.9 Å². The molecule has 4 nitrogen and oxygen atoms in total. The average molecular weight is 324 g/mol. The molecule has 2 aliphatic rings. The highest BCUT2D eigenvalue weighted by Crippen LogP contribution is 2.57. The molecule has 0 saturated heterocycles. The molecule has 1 aromatic carbocycles. The number of anilines is 1. The number of hydrogen-bond donors (Lipinski definition) is 2. The van der Waals surface area contributed by atoms with Crippen LogP contribution in [0.5, 0.6) is 0 Å². The maximum Gasteiger partial charge on any atom is 0.335 e. The molecule has 19 heavy (non-hydrogen) atoms. The lowest BCUT2D eigenvalue weighted by molar-refractivity contribution is -0.118. The van der Waals surface area contributed by atoms with Crippen LogP contribution in [-0.4, -0.2) is 17.0 Å². The van der Waals surface area contributed by atoms with Crippen molar-refractivity contribution in [3.63, 3.8) is 0 Å². The lowest BCUT2D eigenvalue weighted by atomic mass is 10.1.